The maximum Gasteiger partial charge on any atom is 0.287 e. The number of nitro benzene ring substituents is 1. The molecule has 2 rings (SSSR count). The molecule has 1 aliphatic carbocycles. The van der Waals surface area contributed by atoms with Crippen LogP contribution in [0.15, 0.2) is 22.7 Å². The van der Waals surface area contributed by atoms with Crippen molar-refractivity contribution in [1.82, 2.24) is 0 Å². The van der Waals surface area contributed by atoms with E-state index in [1.165, 1.54) is 6.07 Å². The molecule has 1 fully saturated rings. The SMILES string of the molecule is COCCOC1C(O)CC1Oc1cccc([N+](=O)[O-])c1Br. The Kier molecular flexibility index (Phi) is 5.51. The van der Waals surface area contributed by atoms with Gasteiger partial charge in [-0.1, -0.05) is 6.07 Å². The van der Waals surface area contributed by atoms with Crippen LogP contribution in [0, 0.1) is 10.1 Å². The highest BCUT2D eigenvalue weighted by Gasteiger charge is 2.43. The Bertz CT molecular complexity index is 511. The molecule has 3 unspecified atom stereocenters. The van der Waals surface area contributed by atoms with E-state index in [0.717, 1.165) is 0 Å². The van der Waals surface area contributed by atoms with Crippen LogP contribution in [-0.4, -0.2) is 48.7 Å². The van der Waals surface area contributed by atoms with Gasteiger partial charge in [-0.05, 0) is 22.0 Å². The summed E-state index contributed by atoms with van der Waals surface area (Å²) in [6.45, 7) is 0.782. The van der Waals surface area contributed by atoms with Gasteiger partial charge in [-0.15, -0.1) is 0 Å². The number of halogens is 1. The second kappa shape index (κ2) is 7.17. The van der Waals surface area contributed by atoms with E-state index in [2.05, 4.69) is 15.9 Å². The Morgan fingerprint density at radius 3 is 2.86 bits per heavy atom. The molecule has 0 aromatic heterocycles. The Labute approximate surface area is 130 Å². The van der Waals surface area contributed by atoms with Crippen LogP contribution in [0.1, 0.15) is 6.42 Å². The number of benzene rings is 1. The summed E-state index contributed by atoms with van der Waals surface area (Å²) in [6.07, 6.45) is -0.960. The van der Waals surface area contributed by atoms with Crippen LogP contribution in [0.5, 0.6) is 5.75 Å². The normalized spacial score (nSPS) is 24.4. The van der Waals surface area contributed by atoms with Gasteiger partial charge in [0.2, 0.25) is 0 Å². The summed E-state index contributed by atoms with van der Waals surface area (Å²) < 4.78 is 16.4. The van der Waals surface area contributed by atoms with Crippen molar-refractivity contribution in [2.45, 2.75) is 24.7 Å². The summed E-state index contributed by atoms with van der Waals surface area (Å²) in [4.78, 5) is 10.4. The van der Waals surface area contributed by atoms with Crippen molar-refractivity contribution >= 4 is 21.6 Å². The summed E-state index contributed by atoms with van der Waals surface area (Å²) in [7, 11) is 1.56. The average Bonchev–Trinajstić information content (AvgIpc) is 2.44. The highest BCUT2D eigenvalue weighted by Crippen LogP contribution is 2.37. The molecule has 1 aromatic carbocycles. The van der Waals surface area contributed by atoms with E-state index in [-0.39, 0.29) is 16.3 Å². The first kappa shape index (κ1) is 16.2. The molecule has 1 aromatic rings. The third kappa shape index (κ3) is 3.70. The lowest BCUT2D eigenvalue weighted by Crippen LogP contribution is -2.55. The molecular weight excluding hydrogens is 346 g/mol. The van der Waals surface area contributed by atoms with Gasteiger partial charge in [0.25, 0.3) is 5.69 Å². The minimum absolute atomic E-state index is 0.0655. The van der Waals surface area contributed by atoms with Gasteiger partial charge in [0.1, 0.15) is 22.4 Å². The van der Waals surface area contributed by atoms with Gasteiger partial charge >= 0.3 is 0 Å². The number of ether oxygens (including phenoxy) is 3. The predicted molar refractivity (Wildman–Crippen MR) is 77.5 cm³/mol. The fourth-order valence-corrected chi connectivity index (χ4v) is 2.56. The van der Waals surface area contributed by atoms with Crippen LogP contribution >= 0.6 is 15.9 Å². The molecule has 0 spiro atoms. The van der Waals surface area contributed by atoms with Crippen LogP contribution in [0.2, 0.25) is 0 Å². The number of hydrogen-bond acceptors (Lipinski definition) is 6. The molecule has 1 N–H and O–H groups in total. The zero-order valence-electron chi connectivity index (χ0n) is 11.4. The largest absolute Gasteiger partial charge is 0.486 e. The summed E-state index contributed by atoms with van der Waals surface area (Å²) in [5, 5.41) is 20.6. The van der Waals surface area contributed by atoms with Gasteiger partial charge in [0, 0.05) is 19.6 Å². The number of nitrogens with zero attached hydrogens (tertiary/aromatic N) is 1. The first-order valence-electron chi connectivity index (χ1n) is 6.42. The van der Waals surface area contributed by atoms with Crippen molar-refractivity contribution in [3.8, 4) is 5.75 Å². The summed E-state index contributed by atoms with van der Waals surface area (Å²) in [5.41, 5.74) is -0.0655. The van der Waals surface area contributed by atoms with E-state index < -0.39 is 17.1 Å². The first-order chi connectivity index (χ1) is 10.0. The van der Waals surface area contributed by atoms with Gasteiger partial charge in [0.15, 0.2) is 0 Å². The second-order valence-corrected chi connectivity index (χ2v) is 5.43. The molecule has 8 heteroatoms. The molecule has 0 saturated heterocycles. The van der Waals surface area contributed by atoms with Crippen molar-refractivity contribution in [3.05, 3.63) is 32.8 Å². The molecule has 21 heavy (non-hydrogen) atoms. The molecule has 1 saturated carbocycles. The lowest BCUT2D eigenvalue weighted by Gasteiger charge is -2.40. The van der Waals surface area contributed by atoms with Gasteiger partial charge in [-0.3, -0.25) is 10.1 Å². The van der Waals surface area contributed by atoms with Gasteiger partial charge in [-0.2, -0.15) is 0 Å². The Balaban J connectivity index is 2.01. The zero-order chi connectivity index (χ0) is 15.4. The predicted octanol–water partition coefficient (Wildman–Crippen LogP) is 1.90. The molecule has 0 aliphatic heterocycles. The average molecular weight is 362 g/mol. The van der Waals surface area contributed by atoms with Crippen molar-refractivity contribution in [1.29, 1.82) is 0 Å². The lowest BCUT2D eigenvalue weighted by atomic mass is 9.88. The van der Waals surface area contributed by atoms with E-state index >= 15 is 0 Å². The fraction of sp³-hybridized carbons (Fsp3) is 0.538. The number of hydrogen-bond donors (Lipinski definition) is 1. The minimum atomic E-state index is -0.593. The molecule has 0 bridgehead atoms. The van der Waals surface area contributed by atoms with Crippen molar-refractivity contribution in [2.75, 3.05) is 20.3 Å². The molecule has 0 heterocycles. The Morgan fingerprint density at radius 1 is 1.48 bits per heavy atom. The number of methoxy groups -OCH3 is 1. The molecule has 1 aliphatic rings. The topological polar surface area (TPSA) is 91.1 Å². The van der Waals surface area contributed by atoms with Crippen LogP contribution < -0.4 is 4.74 Å². The van der Waals surface area contributed by atoms with Crippen molar-refractivity contribution in [2.24, 2.45) is 0 Å². The summed E-state index contributed by atoms with van der Waals surface area (Å²) >= 11 is 3.17. The molecule has 7 nitrogen and oxygen atoms in total. The molecule has 0 amide bonds. The van der Waals surface area contributed by atoms with E-state index in [9.17, 15) is 15.2 Å². The van der Waals surface area contributed by atoms with Gasteiger partial charge in [0.05, 0.1) is 24.2 Å². The van der Waals surface area contributed by atoms with E-state index in [4.69, 9.17) is 14.2 Å². The first-order valence-corrected chi connectivity index (χ1v) is 7.22. The van der Waals surface area contributed by atoms with E-state index in [1.54, 1.807) is 19.2 Å². The number of rotatable bonds is 7. The zero-order valence-corrected chi connectivity index (χ0v) is 13.0. The number of aliphatic hydroxyl groups is 1. The van der Waals surface area contributed by atoms with Crippen LogP contribution in [0.3, 0.4) is 0 Å². The number of aliphatic hydroxyl groups excluding tert-OH is 1. The maximum atomic E-state index is 10.9. The lowest BCUT2D eigenvalue weighted by molar-refractivity contribution is -0.385. The van der Waals surface area contributed by atoms with Crippen molar-refractivity contribution in [3.63, 3.8) is 0 Å². The van der Waals surface area contributed by atoms with E-state index in [0.29, 0.717) is 25.4 Å². The second-order valence-electron chi connectivity index (χ2n) is 4.63. The summed E-state index contributed by atoms with van der Waals surface area (Å²) in [6, 6.07) is 4.57. The maximum absolute atomic E-state index is 10.9. The minimum Gasteiger partial charge on any atom is -0.486 e. The smallest absolute Gasteiger partial charge is 0.287 e. The third-order valence-corrected chi connectivity index (χ3v) is 4.03. The quantitative estimate of drug-likeness (QED) is 0.453. The molecule has 3 atom stereocenters. The number of nitro groups is 1. The van der Waals surface area contributed by atoms with Gasteiger partial charge in [-0.25, -0.2) is 0 Å². The van der Waals surface area contributed by atoms with Crippen molar-refractivity contribution < 1.29 is 24.2 Å². The Morgan fingerprint density at radius 2 is 2.24 bits per heavy atom. The highest BCUT2D eigenvalue weighted by molar-refractivity contribution is 9.10. The van der Waals surface area contributed by atoms with Crippen LogP contribution in [0.25, 0.3) is 0 Å². The molecule has 116 valence electrons. The van der Waals surface area contributed by atoms with Gasteiger partial charge < -0.3 is 19.3 Å². The third-order valence-electron chi connectivity index (χ3n) is 3.24. The van der Waals surface area contributed by atoms with E-state index in [1.807, 2.05) is 0 Å². The van der Waals surface area contributed by atoms with Crippen LogP contribution in [0.4, 0.5) is 5.69 Å². The Hall–Kier alpha value is -1.22. The standard InChI is InChI=1S/C13H16BrNO6/c1-19-5-6-20-13-9(16)7-11(13)21-10-4-2-3-8(12(10)14)15(17)18/h2-4,9,11,13,16H,5-7H2,1H3. The summed E-state index contributed by atoms with van der Waals surface area (Å²) in [5.74, 6) is 0.362. The fourth-order valence-electron chi connectivity index (χ4n) is 2.05. The highest BCUT2D eigenvalue weighted by atomic mass is 79.9. The molecular formula is C13H16BrNO6. The monoisotopic (exact) mass is 361 g/mol. The van der Waals surface area contributed by atoms with Crippen LogP contribution in [-0.2, 0) is 9.47 Å². The molecule has 0 radical (unpaired) electrons.